The Bertz CT molecular complexity index is 901. The summed E-state index contributed by atoms with van der Waals surface area (Å²) in [5, 5.41) is 0.830. The van der Waals surface area contributed by atoms with Crippen molar-refractivity contribution in [2.75, 3.05) is 7.11 Å². The zero-order chi connectivity index (χ0) is 17.8. The molecule has 1 heterocycles. The molecule has 0 bridgehead atoms. The lowest BCUT2D eigenvalue weighted by Gasteiger charge is -2.13. The van der Waals surface area contributed by atoms with Crippen molar-refractivity contribution >= 4 is 16.9 Å². The Labute approximate surface area is 147 Å². The van der Waals surface area contributed by atoms with E-state index in [0.717, 1.165) is 39.9 Å². The maximum atomic E-state index is 12.8. The van der Waals surface area contributed by atoms with Crippen LogP contribution in [0.15, 0.2) is 48.5 Å². The number of fused-ring (bicyclic) bond motifs is 1. The van der Waals surface area contributed by atoms with Crippen LogP contribution in [-0.4, -0.2) is 18.1 Å². The standard InChI is InChI=1S/C21H21NO3/c1-4-18-14(2)20(17-7-5-6-8-19(17)22-18)21(23)25-13-15-9-11-16(24-3)12-10-15/h5-12H,4,13H2,1-3H3. The lowest BCUT2D eigenvalue weighted by Crippen LogP contribution is -2.11. The highest BCUT2D eigenvalue weighted by Crippen LogP contribution is 2.24. The van der Waals surface area contributed by atoms with Crippen molar-refractivity contribution in [2.24, 2.45) is 0 Å². The number of carbonyl (C=O) groups is 1. The van der Waals surface area contributed by atoms with Crippen molar-refractivity contribution in [1.82, 2.24) is 4.98 Å². The summed E-state index contributed by atoms with van der Waals surface area (Å²) >= 11 is 0. The second kappa shape index (κ2) is 7.34. The highest BCUT2D eigenvalue weighted by atomic mass is 16.5. The van der Waals surface area contributed by atoms with Gasteiger partial charge in [0, 0.05) is 11.1 Å². The number of para-hydroxylation sites is 1. The van der Waals surface area contributed by atoms with Crippen molar-refractivity contribution in [3.63, 3.8) is 0 Å². The second-order valence-electron chi connectivity index (χ2n) is 5.85. The molecule has 3 rings (SSSR count). The average Bonchev–Trinajstić information content (AvgIpc) is 2.66. The minimum atomic E-state index is -0.318. The predicted molar refractivity (Wildman–Crippen MR) is 98.0 cm³/mol. The molecule has 0 amide bonds. The molecule has 0 unspecified atom stereocenters. The van der Waals surface area contributed by atoms with Crippen LogP contribution in [0, 0.1) is 6.92 Å². The zero-order valence-corrected chi connectivity index (χ0v) is 14.7. The Morgan fingerprint density at radius 1 is 1.08 bits per heavy atom. The molecular formula is C21H21NO3. The number of rotatable bonds is 5. The molecule has 0 aliphatic rings. The fraction of sp³-hybridized carbons (Fsp3) is 0.238. The Kier molecular flexibility index (Phi) is 4.98. The normalized spacial score (nSPS) is 10.7. The monoisotopic (exact) mass is 335 g/mol. The highest BCUT2D eigenvalue weighted by Gasteiger charge is 2.18. The maximum absolute atomic E-state index is 12.8. The molecule has 0 saturated heterocycles. The lowest BCUT2D eigenvalue weighted by atomic mass is 10.0. The summed E-state index contributed by atoms with van der Waals surface area (Å²) in [6.07, 6.45) is 0.773. The molecule has 4 nitrogen and oxygen atoms in total. The third kappa shape index (κ3) is 3.48. The number of esters is 1. The summed E-state index contributed by atoms with van der Waals surface area (Å²) in [7, 11) is 1.62. The molecule has 0 fully saturated rings. The molecule has 3 aromatic rings. The van der Waals surface area contributed by atoms with Gasteiger partial charge in [-0.3, -0.25) is 4.98 Å². The number of pyridine rings is 1. The Hall–Kier alpha value is -2.88. The number of aryl methyl sites for hydroxylation is 1. The van der Waals surface area contributed by atoms with E-state index in [0.29, 0.717) is 5.56 Å². The smallest absolute Gasteiger partial charge is 0.339 e. The third-order valence-electron chi connectivity index (χ3n) is 4.30. The molecule has 0 atom stereocenters. The first-order valence-corrected chi connectivity index (χ1v) is 8.32. The van der Waals surface area contributed by atoms with E-state index in [4.69, 9.17) is 9.47 Å². The van der Waals surface area contributed by atoms with E-state index < -0.39 is 0 Å². The van der Waals surface area contributed by atoms with Crippen LogP contribution in [0.5, 0.6) is 5.75 Å². The molecular weight excluding hydrogens is 314 g/mol. The van der Waals surface area contributed by atoms with Gasteiger partial charge in [-0.15, -0.1) is 0 Å². The Balaban J connectivity index is 1.89. The fourth-order valence-corrected chi connectivity index (χ4v) is 2.91. The molecule has 0 aliphatic carbocycles. The van der Waals surface area contributed by atoms with Gasteiger partial charge in [-0.1, -0.05) is 37.3 Å². The highest BCUT2D eigenvalue weighted by molar-refractivity contribution is 6.04. The molecule has 0 aliphatic heterocycles. The van der Waals surface area contributed by atoms with Gasteiger partial charge < -0.3 is 9.47 Å². The van der Waals surface area contributed by atoms with Crippen LogP contribution in [0.4, 0.5) is 0 Å². The first-order valence-electron chi connectivity index (χ1n) is 8.32. The van der Waals surface area contributed by atoms with Gasteiger partial charge in [0.25, 0.3) is 0 Å². The average molecular weight is 335 g/mol. The number of hydrogen-bond donors (Lipinski definition) is 0. The van der Waals surface area contributed by atoms with Crippen LogP contribution in [0.1, 0.15) is 34.1 Å². The van der Waals surface area contributed by atoms with Crippen LogP contribution in [0.25, 0.3) is 10.9 Å². The van der Waals surface area contributed by atoms with Gasteiger partial charge in [0.15, 0.2) is 0 Å². The number of methoxy groups -OCH3 is 1. The Morgan fingerprint density at radius 3 is 2.48 bits per heavy atom. The molecule has 0 N–H and O–H groups in total. The lowest BCUT2D eigenvalue weighted by molar-refractivity contribution is 0.0474. The van der Waals surface area contributed by atoms with Gasteiger partial charge in [0.05, 0.1) is 18.2 Å². The second-order valence-corrected chi connectivity index (χ2v) is 5.85. The van der Waals surface area contributed by atoms with Gasteiger partial charge in [0.1, 0.15) is 12.4 Å². The molecule has 0 radical (unpaired) electrons. The summed E-state index contributed by atoms with van der Waals surface area (Å²) in [6.45, 7) is 4.19. The van der Waals surface area contributed by atoms with Crippen LogP contribution in [0.3, 0.4) is 0 Å². The van der Waals surface area contributed by atoms with E-state index in [2.05, 4.69) is 4.98 Å². The molecule has 25 heavy (non-hydrogen) atoms. The maximum Gasteiger partial charge on any atom is 0.339 e. The van der Waals surface area contributed by atoms with Crippen LogP contribution in [0.2, 0.25) is 0 Å². The number of benzene rings is 2. The number of hydrogen-bond acceptors (Lipinski definition) is 4. The van der Waals surface area contributed by atoms with Gasteiger partial charge in [-0.05, 0) is 42.7 Å². The van der Waals surface area contributed by atoms with Crippen LogP contribution >= 0.6 is 0 Å². The van der Waals surface area contributed by atoms with E-state index in [9.17, 15) is 4.79 Å². The molecule has 1 aromatic heterocycles. The fourth-order valence-electron chi connectivity index (χ4n) is 2.91. The van der Waals surface area contributed by atoms with Crippen molar-refractivity contribution in [2.45, 2.75) is 26.9 Å². The minimum absolute atomic E-state index is 0.223. The molecule has 0 saturated carbocycles. The largest absolute Gasteiger partial charge is 0.497 e. The topological polar surface area (TPSA) is 48.4 Å². The third-order valence-corrected chi connectivity index (χ3v) is 4.30. The summed E-state index contributed by atoms with van der Waals surface area (Å²) in [4.78, 5) is 17.4. The summed E-state index contributed by atoms with van der Waals surface area (Å²) < 4.78 is 10.7. The summed E-state index contributed by atoms with van der Waals surface area (Å²) in [5.74, 6) is 0.459. The molecule has 128 valence electrons. The van der Waals surface area contributed by atoms with Gasteiger partial charge in [-0.25, -0.2) is 4.79 Å². The quantitative estimate of drug-likeness (QED) is 0.645. The molecule has 0 spiro atoms. The number of aromatic nitrogens is 1. The van der Waals surface area contributed by atoms with Crippen molar-refractivity contribution in [3.8, 4) is 5.75 Å². The van der Waals surface area contributed by atoms with Crippen molar-refractivity contribution < 1.29 is 14.3 Å². The SMILES string of the molecule is CCc1nc2ccccc2c(C(=O)OCc2ccc(OC)cc2)c1C. The molecule has 2 aromatic carbocycles. The number of carbonyl (C=O) groups excluding carboxylic acids is 1. The van der Waals surface area contributed by atoms with Crippen LogP contribution < -0.4 is 4.74 Å². The van der Waals surface area contributed by atoms with Gasteiger partial charge in [0.2, 0.25) is 0 Å². The minimum Gasteiger partial charge on any atom is -0.497 e. The first-order chi connectivity index (χ1) is 12.1. The molecule has 4 heteroatoms. The number of nitrogens with zero attached hydrogens (tertiary/aromatic N) is 1. The van der Waals surface area contributed by atoms with Crippen molar-refractivity contribution in [1.29, 1.82) is 0 Å². The summed E-state index contributed by atoms with van der Waals surface area (Å²) in [6, 6.07) is 15.2. The summed E-state index contributed by atoms with van der Waals surface area (Å²) in [5.41, 5.74) is 4.16. The van der Waals surface area contributed by atoms with E-state index in [1.807, 2.05) is 62.4 Å². The van der Waals surface area contributed by atoms with Crippen molar-refractivity contribution in [3.05, 3.63) is 70.9 Å². The van der Waals surface area contributed by atoms with E-state index in [1.165, 1.54) is 0 Å². The van der Waals surface area contributed by atoms with Crippen LogP contribution in [-0.2, 0) is 17.8 Å². The van der Waals surface area contributed by atoms with Gasteiger partial charge in [-0.2, -0.15) is 0 Å². The Morgan fingerprint density at radius 2 is 1.80 bits per heavy atom. The van der Waals surface area contributed by atoms with E-state index >= 15 is 0 Å². The van der Waals surface area contributed by atoms with E-state index in [1.54, 1.807) is 7.11 Å². The number of ether oxygens (including phenoxy) is 2. The van der Waals surface area contributed by atoms with E-state index in [-0.39, 0.29) is 12.6 Å². The van der Waals surface area contributed by atoms with Gasteiger partial charge >= 0.3 is 5.97 Å². The zero-order valence-electron chi connectivity index (χ0n) is 14.7. The first kappa shape index (κ1) is 17.0. The predicted octanol–water partition coefficient (Wildman–Crippen LogP) is 4.47.